The normalized spacial score (nSPS) is 23.6. The van der Waals surface area contributed by atoms with Crippen LogP contribution in [0.15, 0.2) is 29.8 Å². The van der Waals surface area contributed by atoms with Crippen molar-refractivity contribution in [3.63, 3.8) is 0 Å². The van der Waals surface area contributed by atoms with Crippen molar-refractivity contribution < 1.29 is 14.3 Å². The van der Waals surface area contributed by atoms with Gasteiger partial charge < -0.3 is 9.47 Å². The van der Waals surface area contributed by atoms with E-state index in [4.69, 9.17) is 21.1 Å². The first-order valence-electron chi connectivity index (χ1n) is 7.08. The van der Waals surface area contributed by atoms with E-state index >= 15 is 0 Å². The Bertz CT molecular complexity index is 563. The fourth-order valence-electron chi connectivity index (χ4n) is 3.03. The molecule has 0 radical (unpaired) electrons. The molecule has 0 spiro atoms. The number of halogens is 1. The third-order valence-electron chi connectivity index (χ3n) is 4.21. The molecule has 1 aliphatic carbocycles. The van der Waals surface area contributed by atoms with Crippen LogP contribution < -0.4 is 4.74 Å². The smallest absolute Gasteiger partial charge is 0.309 e. The zero-order chi connectivity index (χ0) is 15.6. The highest BCUT2D eigenvalue weighted by Crippen LogP contribution is 2.64. The molecule has 0 amide bonds. The summed E-state index contributed by atoms with van der Waals surface area (Å²) in [4.78, 5) is 11.9. The summed E-state index contributed by atoms with van der Waals surface area (Å²) in [5.74, 6) is 0.545. The Labute approximate surface area is 130 Å². The summed E-state index contributed by atoms with van der Waals surface area (Å²) < 4.78 is 10.4. The molecule has 3 nitrogen and oxygen atoms in total. The third-order valence-corrected chi connectivity index (χ3v) is 4.45. The van der Waals surface area contributed by atoms with Crippen molar-refractivity contribution in [2.45, 2.75) is 20.8 Å². The molecule has 0 aromatic heterocycles. The number of carbonyl (C=O) groups excluding carboxylic acids is 1. The molecule has 2 rings (SSSR count). The van der Waals surface area contributed by atoms with Crippen LogP contribution in [0.1, 0.15) is 26.3 Å². The van der Waals surface area contributed by atoms with Crippen LogP contribution in [0.2, 0.25) is 0 Å². The van der Waals surface area contributed by atoms with Gasteiger partial charge >= 0.3 is 5.97 Å². The van der Waals surface area contributed by atoms with E-state index in [0.29, 0.717) is 6.61 Å². The second kappa shape index (κ2) is 6.10. The average molecular weight is 309 g/mol. The standard InChI is InChI=1S/C17H21ClO3/c1-5-21-12-8-6-7-11(9-12)13(10-18)14-15(16(19)20-4)17(14,2)3/h6-10,14-15H,5H2,1-4H3. The second-order valence-corrected chi connectivity index (χ2v) is 6.04. The lowest BCUT2D eigenvalue weighted by atomic mass is 9.98. The van der Waals surface area contributed by atoms with Crippen LogP contribution in [0, 0.1) is 17.3 Å². The SMILES string of the molecule is CCOc1cccc(C(=CCl)C2C(C(=O)OC)C2(C)C)c1. The number of methoxy groups -OCH3 is 1. The quantitative estimate of drug-likeness (QED) is 0.768. The predicted molar refractivity (Wildman–Crippen MR) is 84.2 cm³/mol. The summed E-state index contributed by atoms with van der Waals surface area (Å²) in [6, 6.07) is 7.79. The summed E-state index contributed by atoms with van der Waals surface area (Å²) in [5.41, 5.74) is 3.37. The molecule has 21 heavy (non-hydrogen) atoms. The van der Waals surface area contributed by atoms with Gasteiger partial charge in [0.25, 0.3) is 0 Å². The van der Waals surface area contributed by atoms with Crippen molar-refractivity contribution in [1.29, 1.82) is 0 Å². The zero-order valence-electron chi connectivity index (χ0n) is 12.9. The van der Waals surface area contributed by atoms with Crippen LogP contribution in [0.25, 0.3) is 5.57 Å². The minimum Gasteiger partial charge on any atom is -0.494 e. The van der Waals surface area contributed by atoms with Gasteiger partial charge in [-0.1, -0.05) is 37.6 Å². The fourth-order valence-corrected chi connectivity index (χ4v) is 3.29. The molecular weight excluding hydrogens is 288 g/mol. The van der Waals surface area contributed by atoms with Gasteiger partial charge in [-0.05, 0) is 35.6 Å². The van der Waals surface area contributed by atoms with Crippen LogP contribution in [0.4, 0.5) is 0 Å². The van der Waals surface area contributed by atoms with Gasteiger partial charge in [0.1, 0.15) is 5.75 Å². The first-order chi connectivity index (χ1) is 9.97. The number of hydrogen-bond donors (Lipinski definition) is 0. The van der Waals surface area contributed by atoms with Crippen molar-refractivity contribution >= 4 is 23.1 Å². The van der Waals surface area contributed by atoms with Crippen molar-refractivity contribution in [1.82, 2.24) is 0 Å². The molecule has 0 heterocycles. The maximum atomic E-state index is 11.9. The second-order valence-electron chi connectivity index (χ2n) is 5.83. The highest BCUT2D eigenvalue weighted by molar-refractivity contribution is 6.28. The molecule has 0 saturated heterocycles. The van der Waals surface area contributed by atoms with Crippen LogP contribution in [0.3, 0.4) is 0 Å². The summed E-state index contributed by atoms with van der Waals surface area (Å²) in [6.45, 7) is 6.68. The Morgan fingerprint density at radius 1 is 1.38 bits per heavy atom. The third kappa shape index (κ3) is 2.93. The van der Waals surface area contributed by atoms with E-state index in [1.807, 2.05) is 31.2 Å². The highest BCUT2D eigenvalue weighted by Gasteiger charge is 2.63. The lowest BCUT2D eigenvalue weighted by molar-refractivity contribution is -0.143. The molecule has 2 unspecified atom stereocenters. The Morgan fingerprint density at radius 2 is 2.10 bits per heavy atom. The van der Waals surface area contributed by atoms with Crippen LogP contribution in [-0.2, 0) is 9.53 Å². The van der Waals surface area contributed by atoms with Crippen molar-refractivity contribution in [3.8, 4) is 5.75 Å². The predicted octanol–water partition coefficient (Wildman–Crippen LogP) is 4.11. The fraction of sp³-hybridized carbons (Fsp3) is 0.471. The van der Waals surface area contributed by atoms with Crippen LogP contribution in [-0.4, -0.2) is 19.7 Å². The number of esters is 1. The van der Waals surface area contributed by atoms with Gasteiger partial charge in [-0.15, -0.1) is 0 Å². The van der Waals surface area contributed by atoms with E-state index in [1.165, 1.54) is 7.11 Å². The molecule has 0 bridgehead atoms. The monoisotopic (exact) mass is 308 g/mol. The van der Waals surface area contributed by atoms with Gasteiger partial charge in [0.05, 0.1) is 19.6 Å². The topological polar surface area (TPSA) is 35.5 Å². The molecule has 1 aromatic rings. The molecule has 1 aromatic carbocycles. The lowest BCUT2D eigenvalue weighted by Gasteiger charge is -2.10. The van der Waals surface area contributed by atoms with Crippen molar-refractivity contribution in [3.05, 3.63) is 35.4 Å². The minimum atomic E-state index is -0.179. The van der Waals surface area contributed by atoms with Crippen LogP contribution >= 0.6 is 11.6 Å². The molecule has 1 fully saturated rings. The number of ether oxygens (including phenoxy) is 2. The van der Waals surface area contributed by atoms with Gasteiger partial charge in [-0.3, -0.25) is 4.79 Å². The average Bonchev–Trinajstić information content (AvgIpc) is 3.02. The number of hydrogen-bond acceptors (Lipinski definition) is 3. The molecule has 114 valence electrons. The Hall–Kier alpha value is -1.48. The molecule has 1 saturated carbocycles. The van der Waals surface area contributed by atoms with Crippen LogP contribution in [0.5, 0.6) is 5.75 Å². The van der Waals surface area contributed by atoms with Crippen molar-refractivity contribution in [2.24, 2.45) is 17.3 Å². The summed E-state index contributed by atoms with van der Waals surface area (Å²) in [5, 5.41) is 0. The number of rotatable bonds is 5. The van der Waals surface area contributed by atoms with Gasteiger partial charge in [0, 0.05) is 11.5 Å². The number of carbonyl (C=O) groups is 1. The first-order valence-corrected chi connectivity index (χ1v) is 7.52. The Kier molecular flexibility index (Phi) is 4.62. The molecule has 0 N–H and O–H groups in total. The van der Waals surface area contributed by atoms with Gasteiger partial charge in [0.15, 0.2) is 0 Å². The van der Waals surface area contributed by atoms with E-state index in [-0.39, 0.29) is 23.2 Å². The van der Waals surface area contributed by atoms with Gasteiger partial charge in [-0.2, -0.15) is 0 Å². The van der Waals surface area contributed by atoms with Gasteiger partial charge in [-0.25, -0.2) is 0 Å². The largest absolute Gasteiger partial charge is 0.494 e. The number of allylic oxidation sites excluding steroid dienone is 1. The first kappa shape index (κ1) is 15.9. The van der Waals surface area contributed by atoms with Gasteiger partial charge in [0.2, 0.25) is 0 Å². The summed E-state index contributed by atoms with van der Waals surface area (Å²) >= 11 is 6.05. The van der Waals surface area contributed by atoms with E-state index in [9.17, 15) is 4.79 Å². The summed E-state index contributed by atoms with van der Waals surface area (Å²) in [6.07, 6.45) is 0. The van der Waals surface area contributed by atoms with E-state index in [1.54, 1.807) is 5.54 Å². The Balaban J connectivity index is 2.30. The molecular formula is C17H21ClO3. The van der Waals surface area contributed by atoms with E-state index < -0.39 is 0 Å². The minimum absolute atomic E-state index is 0.0688. The molecule has 1 aliphatic rings. The Morgan fingerprint density at radius 3 is 2.67 bits per heavy atom. The van der Waals surface area contributed by atoms with E-state index in [0.717, 1.165) is 16.9 Å². The summed E-state index contributed by atoms with van der Waals surface area (Å²) in [7, 11) is 1.42. The maximum absolute atomic E-state index is 11.9. The lowest BCUT2D eigenvalue weighted by Crippen LogP contribution is -2.07. The zero-order valence-corrected chi connectivity index (χ0v) is 13.6. The van der Waals surface area contributed by atoms with Crippen molar-refractivity contribution in [2.75, 3.05) is 13.7 Å². The highest BCUT2D eigenvalue weighted by atomic mass is 35.5. The molecule has 4 heteroatoms. The molecule has 0 aliphatic heterocycles. The molecule has 2 atom stereocenters. The number of benzene rings is 1. The maximum Gasteiger partial charge on any atom is 0.309 e. The van der Waals surface area contributed by atoms with E-state index in [2.05, 4.69) is 13.8 Å².